The lowest BCUT2D eigenvalue weighted by molar-refractivity contribution is -0.167. The van der Waals surface area contributed by atoms with Crippen molar-refractivity contribution in [2.75, 3.05) is 13.6 Å². The van der Waals surface area contributed by atoms with Gasteiger partial charge in [0.2, 0.25) is 0 Å². The first-order valence-electron chi connectivity index (χ1n) is 9.59. The highest BCUT2D eigenvalue weighted by atomic mass is 16.6. The van der Waals surface area contributed by atoms with Gasteiger partial charge in [0.15, 0.2) is 0 Å². The molecule has 0 radical (unpaired) electrons. The van der Waals surface area contributed by atoms with Crippen LogP contribution in [-0.2, 0) is 20.7 Å². The predicted octanol–water partition coefficient (Wildman–Crippen LogP) is 3.99. The summed E-state index contributed by atoms with van der Waals surface area (Å²) in [5, 5.41) is 0. The number of likely N-dealkylation sites (tertiary alicyclic amines) is 1. The number of benzene rings is 1. The molecule has 0 amide bonds. The summed E-state index contributed by atoms with van der Waals surface area (Å²) in [5.41, 5.74) is -0.181. The number of likely N-dealkylation sites (N-methyl/N-ethyl adjacent to an activating group) is 1. The molecule has 0 aromatic heterocycles. The van der Waals surface area contributed by atoms with Gasteiger partial charge in [-0.1, -0.05) is 12.1 Å². The topological polar surface area (TPSA) is 55.8 Å². The molecule has 27 heavy (non-hydrogen) atoms. The van der Waals surface area contributed by atoms with Crippen LogP contribution in [0.25, 0.3) is 0 Å². The number of hydrogen-bond donors (Lipinski definition) is 0. The Labute approximate surface area is 163 Å². The van der Waals surface area contributed by atoms with Gasteiger partial charge in [-0.2, -0.15) is 0 Å². The zero-order chi connectivity index (χ0) is 20.5. The molecule has 5 nitrogen and oxygen atoms in total. The second-order valence-corrected chi connectivity index (χ2v) is 9.43. The molecule has 150 valence electrons. The molecule has 1 fully saturated rings. The molecule has 1 heterocycles. The first-order valence-corrected chi connectivity index (χ1v) is 9.59. The van der Waals surface area contributed by atoms with E-state index >= 15 is 0 Å². The fourth-order valence-corrected chi connectivity index (χ4v) is 3.37. The van der Waals surface area contributed by atoms with E-state index in [1.54, 1.807) is 12.1 Å². The molecule has 0 spiro atoms. The Bertz CT molecular complexity index is 682. The Morgan fingerprint density at radius 3 is 2.00 bits per heavy atom. The first-order chi connectivity index (χ1) is 12.3. The van der Waals surface area contributed by atoms with Crippen LogP contribution in [-0.4, -0.2) is 47.2 Å². The number of ether oxygens (including phenoxy) is 2. The third-order valence-corrected chi connectivity index (χ3v) is 4.68. The number of rotatable bonds is 4. The van der Waals surface area contributed by atoms with Crippen LogP contribution in [0.15, 0.2) is 24.3 Å². The van der Waals surface area contributed by atoms with Crippen molar-refractivity contribution in [2.24, 2.45) is 0 Å². The van der Waals surface area contributed by atoms with Crippen molar-refractivity contribution in [3.05, 3.63) is 35.4 Å². The van der Waals surface area contributed by atoms with Gasteiger partial charge >= 0.3 is 11.9 Å². The van der Waals surface area contributed by atoms with Gasteiger partial charge in [0, 0.05) is 6.42 Å². The molecule has 1 aromatic rings. The Balaban J connectivity index is 2.19. The van der Waals surface area contributed by atoms with E-state index in [9.17, 15) is 9.59 Å². The largest absolute Gasteiger partial charge is 0.459 e. The van der Waals surface area contributed by atoms with Crippen molar-refractivity contribution < 1.29 is 19.1 Å². The Morgan fingerprint density at radius 1 is 1.00 bits per heavy atom. The lowest BCUT2D eigenvalue weighted by Crippen LogP contribution is -2.53. The van der Waals surface area contributed by atoms with Gasteiger partial charge in [0.1, 0.15) is 16.7 Å². The summed E-state index contributed by atoms with van der Waals surface area (Å²) in [5.74, 6) is -0.514. The minimum Gasteiger partial charge on any atom is -0.459 e. The minimum atomic E-state index is -0.652. The molecule has 0 saturated carbocycles. The number of carbonyl (C=O) groups is 2. The summed E-state index contributed by atoms with van der Waals surface area (Å²) in [6, 6.07) is 7.33. The van der Waals surface area contributed by atoms with Crippen LogP contribution < -0.4 is 0 Å². The highest BCUT2D eigenvalue weighted by molar-refractivity contribution is 5.89. The number of hydrogen-bond acceptors (Lipinski definition) is 5. The van der Waals surface area contributed by atoms with Crippen LogP contribution in [0.2, 0.25) is 0 Å². The molecule has 0 N–H and O–H groups in total. The molecule has 5 heteroatoms. The Hall–Kier alpha value is -1.88. The lowest BCUT2D eigenvalue weighted by atomic mass is 9.87. The molecule has 1 aliphatic heterocycles. The molecule has 2 rings (SSSR count). The summed E-state index contributed by atoms with van der Waals surface area (Å²) in [6.07, 6.45) is 2.30. The van der Waals surface area contributed by atoms with Crippen LogP contribution in [0, 0.1) is 0 Å². The number of nitrogens with zero attached hydrogens (tertiary/aromatic N) is 1. The molecule has 1 aliphatic rings. The molecule has 1 saturated heterocycles. The fraction of sp³-hybridized carbons (Fsp3) is 0.636. The summed E-state index contributed by atoms with van der Waals surface area (Å²) in [6.45, 7) is 12.1. The van der Waals surface area contributed by atoms with E-state index in [0.717, 1.165) is 24.9 Å². The average molecular weight is 376 g/mol. The third kappa shape index (κ3) is 5.55. The third-order valence-electron chi connectivity index (χ3n) is 4.68. The summed E-state index contributed by atoms with van der Waals surface area (Å²) < 4.78 is 11.1. The van der Waals surface area contributed by atoms with Crippen molar-refractivity contribution in [1.29, 1.82) is 0 Å². The maximum atomic E-state index is 13.0. The van der Waals surface area contributed by atoms with Gasteiger partial charge in [0.05, 0.1) is 5.56 Å². The quantitative estimate of drug-likeness (QED) is 0.745. The molecule has 1 aromatic carbocycles. The number of esters is 2. The normalized spacial score (nSPS) is 21.1. The van der Waals surface area contributed by atoms with Gasteiger partial charge in [-0.3, -0.25) is 9.69 Å². The van der Waals surface area contributed by atoms with E-state index in [4.69, 9.17) is 9.47 Å². The zero-order valence-electron chi connectivity index (χ0n) is 17.7. The SMILES string of the molecule is CN1CCC[C@@]1(Cc1ccc(C(=O)OC(C)(C)C)cc1)C(=O)OC(C)(C)C. The van der Waals surface area contributed by atoms with Gasteiger partial charge < -0.3 is 9.47 Å². The predicted molar refractivity (Wildman–Crippen MR) is 106 cm³/mol. The fourth-order valence-electron chi connectivity index (χ4n) is 3.37. The standard InChI is InChI=1S/C22H33NO4/c1-20(2,3)26-18(24)17-11-9-16(10-12-17)15-22(13-8-14-23(22)7)19(25)27-21(4,5)6/h9-12H,8,13-15H2,1-7H3/t22-/m1/s1. The lowest BCUT2D eigenvalue weighted by Gasteiger charge is -2.36. The smallest absolute Gasteiger partial charge is 0.338 e. The van der Waals surface area contributed by atoms with Gasteiger partial charge in [-0.25, -0.2) is 4.79 Å². The first kappa shape index (κ1) is 21.4. The van der Waals surface area contributed by atoms with Crippen LogP contribution in [0.4, 0.5) is 0 Å². The van der Waals surface area contributed by atoms with E-state index in [0.29, 0.717) is 12.0 Å². The Kier molecular flexibility index (Phi) is 6.05. The van der Waals surface area contributed by atoms with Crippen LogP contribution in [0.1, 0.15) is 70.3 Å². The minimum absolute atomic E-state index is 0.175. The van der Waals surface area contributed by atoms with Crippen molar-refractivity contribution >= 4 is 11.9 Å². The van der Waals surface area contributed by atoms with Crippen molar-refractivity contribution in [3.8, 4) is 0 Å². The number of carbonyl (C=O) groups excluding carboxylic acids is 2. The van der Waals surface area contributed by atoms with Crippen LogP contribution in [0.3, 0.4) is 0 Å². The van der Waals surface area contributed by atoms with Crippen molar-refractivity contribution in [1.82, 2.24) is 4.90 Å². The molecule has 0 bridgehead atoms. The Morgan fingerprint density at radius 2 is 1.56 bits per heavy atom. The second-order valence-electron chi connectivity index (χ2n) is 9.43. The summed E-state index contributed by atoms with van der Waals surface area (Å²) >= 11 is 0. The second kappa shape index (κ2) is 7.63. The van der Waals surface area contributed by atoms with E-state index in [2.05, 4.69) is 4.90 Å². The monoisotopic (exact) mass is 375 g/mol. The maximum Gasteiger partial charge on any atom is 0.338 e. The van der Waals surface area contributed by atoms with Crippen molar-refractivity contribution in [2.45, 2.75) is 77.5 Å². The highest BCUT2D eigenvalue weighted by Crippen LogP contribution is 2.34. The zero-order valence-corrected chi connectivity index (χ0v) is 17.7. The molecule has 1 atom stereocenters. The summed E-state index contributed by atoms with van der Waals surface area (Å²) in [4.78, 5) is 27.3. The van der Waals surface area contributed by atoms with E-state index in [1.807, 2.05) is 60.7 Å². The molecular formula is C22H33NO4. The van der Waals surface area contributed by atoms with Gasteiger partial charge in [0.25, 0.3) is 0 Å². The van der Waals surface area contributed by atoms with Gasteiger partial charge in [-0.05, 0) is 85.7 Å². The highest BCUT2D eigenvalue weighted by Gasteiger charge is 2.48. The van der Waals surface area contributed by atoms with Crippen LogP contribution in [0.5, 0.6) is 0 Å². The van der Waals surface area contributed by atoms with Gasteiger partial charge in [-0.15, -0.1) is 0 Å². The molecule has 0 aliphatic carbocycles. The van der Waals surface area contributed by atoms with Crippen LogP contribution >= 0.6 is 0 Å². The maximum absolute atomic E-state index is 13.0. The van der Waals surface area contributed by atoms with Crippen molar-refractivity contribution in [3.63, 3.8) is 0 Å². The molecular weight excluding hydrogens is 342 g/mol. The average Bonchev–Trinajstić information content (AvgIpc) is 2.86. The summed E-state index contributed by atoms with van der Waals surface area (Å²) in [7, 11) is 1.98. The van der Waals surface area contributed by atoms with E-state index < -0.39 is 16.7 Å². The van der Waals surface area contributed by atoms with E-state index in [1.165, 1.54) is 0 Å². The molecule has 0 unspecified atom stereocenters. The van der Waals surface area contributed by atoms with E-state index in [-0.39, 0.29) is 11.9 Å².